The zero-order chi connectivity index (χ0) is 14.7. The van der Waals surface area contributed by atoms with Crippen LogP contribution >= 0.6 is 23.2 Å². The van der Waals surface area contributed by atoms with Crippen LogP contribution in [0.15, 0.2) is 34.7 Å². The van der Waals surface area contributed by atoms with Crippen molar-refractivity contribution >= 4 is 45.9 Å². The van der Waals surface area contributed by atoms with Crippen LogP contribution in [0.3, 0.4) is 0 Å². The fraction of sp³-hybridized carbons (Fsp3) is 0.231. The minimum absolute atomic E-state index is 0.0474. The van der Waals surface area contributed by atoms with E-state index in [1.807, 2.05) is 6.07 Å². The molecule has 0 aliphatic carbocycles. The predicted octanol–water partition coefficient (Wildman–Crippen LogP) is 1.90. The number of hydrogen-bond acceptors (Lipinski definition) is 4. The lowest BCUT2D eigenvalue weighted by molar-refractivity contribution is -0.120. The molecule has 0 radical (unpaired) electrons. The second-order valence-corrected chi connectivity index (χ2v) is 5.15. The number of fused-ring (bicyclic) bond motifs is 1. The van der Waals surface area contributed by atoms with Crippen molar-refractivity contribution in [3.63, 3.8) is 0 Å². The van der Waals surface area contributed by atoms with Crippen LogP contribution in [0.2, 0.25) is 0 Å². The Morgan fingerprint density at radius 2 is 2.00 bits per heavy atom. The number of ketones is 1. The molecule has 1 aromatic carbocycles. The highest BCUT2D eigenvalue weighted by Crippen LogP contribution is 2.20. The first kappa shape index (κ1) is 14.8. The first-order chi connectivity index (χ1) is 9.52. The van der Waals surface area contributed by atoms with Crippen LogP contribution in [0, 0.1) is 0 Å². The summed E-state index contributed by atoms with van der Waals surface area (Å²) in [4.78, 5) is 22.2. The third-order valence-electron chi connectivity index (χ3n) is 2.68. The summed E-state index contributed by atoms with van der Waals surface area (Å²) in [6, 6.07) is 7.48. The number of hydrogen-bond donors (Lipinski definition) is 2. The van der Waals surface area contributed by atoms with E-state index in [1.54, 1.807) is 24.3 Å². The number of Topliss-reactive ketones (excluding diaryl/α,β-unsaturated/α-hetero) is 1. The molecule has 1 unspecified atom stereocenters. The number of benzene rings is 1. The minimum Gasteiger partial charge on any atom is -0.453 e. The number of aliphatic hydroxyl groups excluding tert-OH is 1. The van der Waals surface area contributed by atoms with Gasteiger partial charge in [-0.25, -0.2) is 0 Å². The Labute approximate surface area is 124 Å². The molecule has 20 heavy (non-hydrogen) atoms. The second-order valence-electron chi connectivity index (χ2n) is 4.06. The van der Waals surface area contributed by atoms with E-state index in [0.29, 0.717) is 5.58 Å². The molecule has 5 nitrogen and oxygen atoms in total. The molecule has 1 amide bonds. The number of alkyl halides is 2. The number of rotatable bonds is 5. The van der Waals surface area contributed by atoms with Gasteiger partial charge in [0.1, 0.15) is 11.6 Å². The Kier molecular flexibility index (Phi) is 4.65. The van der Waals surface area contributed by atoms with Crippen LogP contribution in [0.4, 0.5) is 0 Å². The summed E-state index contributed by atoms with van der Waals surface area (Å²) in [6.45, 7) is -0.581. The van der Waals surface area contributed by atoms with Crippen molar-refractivity contribution in [3.8, 4) is 0 Å². The molecule has 2 N–H and O–H groups in total. The van der Waals surface area contributed by atoms with E-state index in [1.165, 1.54) is 0 Å². The van der Waals surface area contributed by atoms with Crippen molar-refractivity contribution in [2.45, 2.75) is 10.9 Å². The Morgan fingerprint density at radius 1 is 1.30 bits per heavy atom. The highest BCUT2D eigenvalue weighted by Gasteiger charge is 2.26. The topological polar surface area (TPSA) is 79.5 Å². The van der Waals surface area contributed by atoms with Crippen molar-refractivity contribution in [2.75, 3.05) is 6.61 Å². The summed E-state index contributed by atoms with van der Waals surface area (Å²) >= 11 is 10.8. The van der Waals surface area contributed by atoms with E-state index < -0.39 is 29.2 Å². The number of carbonyl (C=O) groups excluding carboxylic acids is 2. The molecule has 0 saturated heterocycles. The summed E-state index contributed by atoms with van der Waals surface area (Å²) in [5.74, 6) is -1.26. The molecule has 0 aliphatic rings. The van der Waals surface area contributed by atoms with Gasteiger partial charge in [0.15, 0.2) is 10.6 Å². The third-order valence-corrected chi connectivity index (χ3v) is 3.08. The van der Waals surface area contributed by atoms with Crippen LogP contribution in [0.5, 0.6) is 0 Å². The first-order valence-corrected chi connectivity index (χ1v) is 6.62. The molecule has 7 heteroatoms. The van der Waals surface area contributed by atoms with Crippen molar-refractivity contribution in [1.29, 1.82) is 0 Å². The van der Waals surface area contributed by atoms with Crippen molar-refractivity contribution < 1.29 is 19.1 Å². The highest BCUT2D eigenvalue weighted by molar-refractivity contribution is 6.53. The number of nitrogens with one attached hydrogen (secondary N) is 1. The normalized spacial score (nSPS) is 12.6. The third kappa shape index (κ3) is 3.12. The SMILES string of the molecule is O=C(NC(CO)C(=O)c1cc2ccccc2o1)C(Cl)Cl. The monoisotopic (exact) mass is 315 g/mol. The van der Waals surface area contributed by atoms with Crippen LogP contribution < -0.4 is 5.32 Å². The first-order valence-electron chi connectivity index (χ1n) is 5.75. The largest absolute Gasteiger partial charge is 0.453 e. The Bertz CT molecular complexity index is 605. The van der Waals surface area contributed by atoms with Gasteiger partial charge in [0, 0.05) is 5.39 Å². The van der Waals surface area contributed by atoms with Crippen LogP contribution in [-0.2, 0) is 4.79 Å². The fourth-order valence-corrected chi connectivity index (χ4v) is 1.83. The standard InChI is InChI=1S/C13H11Cl2NO4/c14-12(15)13(19)16-8(6-17)11(18)10-5-7-3-1-2-4-9(7)20-10/h1-5,8,12,17H,6H2,(H,16,19). The number of halogens is 2. The quantitative estimate of drug-likeness (QED) is 0.652. The van der Waals surface area contributed by atoms with Gasteiger partial charge in [-0.15, -0.1) is 0 Å². The van der Waals surface area contributed by atoms with Crippen LogP contribution in [-0.4, -0.2) is 34.3 Å². The van der Waals surface area contributed by atoms with Gasteiger partial charge in [0.05, 0.1) is 6.61 Å². The molecular formula is C13H11Cl2NO4. The van der Waals surface area contributed by atoms with Gasteiger partial charge < -0.3 is 14.8 Å². The molecule has 1 heterocycles. The molecule has 1 aromatic heterocycles. The van der Waals surface area contributed by atoms with E-state index in [9.17, 15) is 14.7 Å². The number of aliphatic hydroxyl groups is 1. The minimum atomic E-state index is -1.31. The van der Waals surface area contributed by atoms with E-state index in [4.69, 9.17) is 27.6 Å². The molecule has 2 aromatic rings. The highest BCUT2D eigenvalue weighted by atomic mass is 35.5. The predicted molar refractivity (Wildman–Crippen MR) is 75.1 cm³/mol. The summed E-state index contributed by atoms with van der Waals surface area (Å²) in [7, 11) is 0. The Hall–Kier alpha value is -1.56. The number of carbonyl (C=O) groups is 2. The van der Waals surface area contributed by atoms with Crippen LogP contribution in [0.1, 0.15) is 10.6 Å². The Balaban J connectivity index is 2.21. The maximum absolute atomic E-state index is 12.1. The number of para-hydroxylation sites is 1. The van der Waals surface area contributed by atoms with Gasteiger partial charge in [-0.2, -0.15) is 0 Å². The zero-order valence-electron chi connectivity index (χ0n) is 10.2. The van der Waals surface area contributed by atoms with E-state index >= 15 is 0 Å². The second kappa shape index (κ2) is 6.26. The lowest BCUT2D eigenvalue weighted by Crippen LogP contribution is -2.45. The fourth-order valence-electron chi connectivity index (χ4n) is 1.70. The molecule has 0 bridgehead atoms. The lowest BCUT2D eigenvalue weighted by Gasteiger charge is -2.13. The molecule has 2 rings (SSSR count). The van der Waals surface area contributed by atoms with Gasteiger partial charge >= 0.3 is 0 Å². The summed E-state index contributed by atoms with van der Waals surface area (Å²) in [6.07, 6.45) is 0. The van der Waals surface area contributed by atoms with Crippen LogP contribution in [0.25, 0.3) is 11.0 Å². The summed E-state index contributed by atoms with van der Waals surface area (Å²) in [5.41, 5.74) is 0.548. The molecule has 0 spiro atoms. The van der Waals surface area contributed by atoms with E-state index in [-0.39, 0.29) is 5.76 Å². The van der Waals surface area contributed by atoms with E-state index in [2.05, 4.69) is 5.32 Å². The maximum atomic E-state index is 12.1. The van der Waals surface area contributed by atoms with Gasteiger partial charge in [-0.1, -0.05) is 41.4 Å². The molecule has 0 aliphatic heterocycles. The van der Waals surface area contributed by atoms with Gasteiger partial charge in [0.25, 0.3) is 5.91 Å². The zero-order valence-corrected chi connectivity index (χ0v) is 11.7. The summed E-state index contributed by atoms with van der Waals surface area (Å²) < 4.78 is 5.38. The van der Waals surface area contributed by atoms with Gasteiger partial charge in [0.2, 0.25) is 5.78 Å². The van der Waals surface area contributed by atoms with E-state index in [0.717, 1.165) is 5.39 Å². The van der Waals surface area contributed by atoms with Crippen molar-refractivity contribution in [3.05, 3.63) is 36.1 Å². The summed E-state index contributed by atoms with van der Waals surface area (Å²) in [5, 5.41) is 12.2. The number of amides is 1. The van der Waals surface area contributed by atoms with Gasteiger partial charge in [-0.05, 0) is 12.1 Å². The smallest absolute Gasteiger partial charge is 0.253 e. The van der Waals surface area contributed by atoms with Crippen molar-refractivity contribution in [1.82, 2.24) is 5.32 Å². The molecular weight excluding hydrogens is 305 g/mol. The maximum Gasteiger partial charge on any atom is 0.253 e. The number of furan rings is 1. The average molecular weight is 316 g/mol. The molecule has 106 valence electrons. The Morgan fingerprint density at radius 3 is 2.60 bits per heavy atom. The molecule has 0 saturated carbocycles. The average Bonchev–Trinajstić information content (AvgIpc) is 2.87. The molecule has 0 fully saturated rings. The lowest BCUT2D eigenvalue weighted by atomic mass is 10.1. The van der Waals surface area contributed by atoms with Crippen molar-refractivity contribution in [2.24, 2.45) is 0 Å². The molecule has 1 atom stereocenters. The van der Waals surface area contributed by atoms with Gasteiger partial charge in [-0.3, -0.25) is 9.59 Å².